The van der Waals surface area contributed by atoms with Crippen LogP contribution in [0.1, 0.15) is 17.2 Å². The first-order valence-corrected chi connectivity index (χ1v) is 7.46. The highest BCUT2D eigenvalue weighted by molar-refractivity contribution is 9.10. The van der Waals surface area contributed by atoms with Crippen molar-refractivity contribution in [3.8, 4) is 17.2 Å². The molecule has 118 valence electrons. The summed E-state index contributed by atoms with van der Waals surface area (Å²) in [6.07, 6.45) is 1.46. The summed E-state index contributed by atoms with van der Waals surface area (Å²) in [4.78, 5) is 4.08. The van der Waals surface area contributed by atoms with Crippen molar-refractivity contribution in [2.75, 3.05) is 21.3 Å². The zero-order valence-corrected chi connectivity index (χ0v) is 14.3. The molecule has 0 bridgehead atoms. The third kappa shape index (κ3) is 3.69. The topological polar surface area (TPSA) is 60.8 Å². The Hall–Kier alpha value is -1.79. The molecule has 1 aromatic carbocycles. The molecule has 2 aromatic rings. The van der Waals surface area contributed by atoms with Gasteiger partial charge in [-0.1, -0.05) is 0 Å². The summed E-state index contributed by atoms with van der Waals surface area (Å²) >= 11 is 3.32. The molecular weight excluding hydrogens is 350 g/mol. The molecule has 5 nitrogen and oxygen atoms in total. The van der Waals surface area contributed by atoms with Crippen LogP contribution in [0.2, 0.25) is 0 Å². The SMILES string of the molecule is COc1cc(C(O)Cc2ccnc(Br)c2)cc(OC)c1OC. The van der Waals surface area contributed by atoms with Crippen LogP contribution in [0.3, 0.4) is 0 Å². The highest BCUT2D eigenvalue weighted by Crippen LogP contribution is 2.40. The maximum atomic E-state index is 10.5. The summed E-state index contributed by atoms with van der Waals surface area (Å²) in [6, 6.07) is 7.25. The van der Waals surface area contributed by atoms with E-state index in [1.165, 1.54) is 0 Å². The summed E-state index contributed by atoms with van der Waals surface area (Å²) in [5, 5.41) is 10.5. The molecule has 1 N–H and O–H groups in total. The van der Waals surface area contributed by atoms with Crippen molar-refractivity contribution < 1.29 is 19.3 Å². The third-order valence-corrected chi connectivity index (χ3v) is 3.73. The van der Waals surface area contributed by atoms with Gasteiger partial charge >= 0.3 is 0 Å². The van der Waals surface area contributed by atoms with Crippen molar-refractivity contribution in [1.29, 1.82) is 0 Å². The first kappa shape index (κ1) is 16.6. The number of aliphatic hydroxyl groups is 1. The van der Waals surface area contributed by atoms with Gasteiger partial charge in [-0.2, -0.15) is 0 Å². The van der Waals surface area contributed by atoms with Crippen LogP contribution in [-0.4, -0.2) is 31.4 Å². The number of hydrogen-bond donors (Lipinski definition) is 1. The Morgan fingerprint density at radius 3 is 2.23 bits per heavy atom. The molecule has 1 heterocycles. The van der Waals surface area contributed by atoms with E-state index in [9.17, 15) is 5.11 Å². The number of methoxy groups -OCH3 is 3. The molecule has 0 radical (unpaired) electrons. The van der Waals surface area contributed by atoms with E-state index in [0.717, 1.165) is 10.2 Å². The summed E-state index contributed by atoms with van der Waals surface area (Å²) < 4.78 is 16.6. The van der Waals surface area contributed by atoms with E-state index in [0.29, 0.717) is 29.2 Å². The highest BCUT2D eigenvalue weighted by Gasteiger charge is 2.17. The number of benzene rings is 1. The fourth-order valence-corrected chi connectivity index (χ4v) is 2.62. The van der Waals surface area contributed by atoms with Gasteiger partial charge in [-0.05, 0) is 51.3 Å². The van der Waals surface area contributed by atoms with E-state index in [-0.39, 0.29) is 0 Å². The molecule has 0 spiro atoms. The summed E-state index contributed by atoms with van der Waals surface area (Å²) in [7, 11) is 4.64. The van der Waals surface area contributed by atoms with Crippen LogP contribution < -0.4 is 14.2 Å². The molecule has 22 heavy (non-hydrogen) atoms. The van der Waals surface area contributed by atoms with E-state index in [1.54, 1.807) is 39.7 Å². The van der Waals surface area contributed by atoms with Crippen LogP contribution in [0.25, 0.3) is 0 Å². The van der Waals surface area contributed by atoms with Gasteiger partial charge in [0.25, 0.3) is 0 Å². The number of rotatable bonds is 6. The van der Waals surface area contributed by atoms with Gasteiger partial charge in [-0.25, -0.2) is 4.98 Å². The lowest BCUT2D eigenvalue weighted by atomic mass is 10.0. The average Bonchev–Trinajstić information content (AvgIpc) is 2.53. The van der Waals surface area contributed by atoms with Crippen LogP contribution >= 0.6 is 15.9 Å². The Morgan fingerprint density at radius 2 is 1.73 bits per heavy atom. The molecule has 1 unspecified atom stereocenters. The fourth-order valence-electron chi connectivity index (χ4n) is 2.20. The molecule has 1 aromatic heterocycles. The minimum absolute atomic E-state index is 0.458. The number of ether oxygens (including phenoxy) is 3. The smallest absolute Gasteiger partial charge is 0.203 e. The van der Waals surface area contributed by atoms with E-state index in [2.05, 4.69) is 20.9 Å². The largest absolute Gasteiger partial charge is 0.493 e. The minimum Gasteiger partial charge on any atom is -0.493 e. The van der Waals surface area contributed by atoms with Gasteiger partial charge in [0.1, 0.15) is 4.60 Å². The number of pyridine rings is 1. The first-order valence-electron chi connectivity index (χ1n) is 6.67. The Bertz CT molecular complexity index is 623. The maximum absolute atomic E-state index is 10.5. The third-order valence-electron chi connectivity index (χ3n) is 3.29. The molecule has 2 rings (SSSR count). The van der Waals surface area contributed by atoms with E-state index >= 15 is 0 Å². The Labute approximate surface area is 138 Å². The maximum Gasteiger partial charge on any atom is 0.203 e. The van der Waals surface area contributed by atoms with Crippen molar-refractivity contribution in [3.05, 3.63) is 46.2 Å². The van der Waals surface area contributed by atoms with Crippen LogP contribution in [0.5, 0.6) is 17.2 Å². The molecule has 1 atom stereocenters. The molecule has 0 amide bonds. The molecule has 0 saturated carbocycles. The van der Waals surface area contributed by atoms with Crippen molar-refractivity contribution >= 4 is 15.9 Å². The Balaban J connectivity index is 2.31. The quantitative estimate of drug-likeness (QED) is 0.794. The predicted octanol–water partition coefficient (Wildman–Crippen LogP) is 3.15. The average molecular weight is 368 g/mol. The molecule has 0 aliphatic heterocycles. The fraction of sp³-hybridized carbons (Fsp3) is 0.312. The van der Waals surface area contributed by atoms with E-state index in [4.69, 9.17) is 14.2 Å². The van der Waals surface area contributed by atoms with E-state index < -0.39 is 6.10 Å². The molecule has 0 fully saturated rings. The van der Waals surface area contributed by atoms with Crippen molar-refractivity contribution in [2.45, 2.75) is 12.5 Å². The molecule has 6 heteroatoms. The van der Waals surface area contributed by atoms with Gasteiger partial charge in [-0.15, -0.1) is 0 Å². The predicted molar refractivity (Wildman–Crippen MR) is 86.7 cm³/mol. The van der Waals surface area contributed by atoms with Crippen molar-refractivity contribution in [1.82, 2.24) is 4.98 Å². The summed E-state index contributed by atoms with van der Waals surface area (Å²) in [6.45, 7) is 0. The molecule has 0 aliphatic carbocycles. The van der Waals surface area contributed by atoms with Crippen LogP contribution in [-0.2, 0) is 6.42 Å². The van der Waals surface area contributed by atoms with Gasteiger partial charge in [-0.3, -0.25) is 0 Å². The molecule has 0 aliphatic rings. The Morgan fingerprint density at radius 1 is 1.09 bits per heavy atom. The van der Waals surface area contributed by atoms with Crippen molar-refractivity contribution in [3.63, 3.8) is 0 Å². The van der Waals surface area contributed by atoms with Crippen LogP contribution in [0.15, 0.2) is 35.1 Å². The second-order valence-corrected chi connectivity index (χ2v) is 5.48. The van der Waals surface area contributed by atoms with Crippen molar-refractivity contribution in [2.24, 2.45) is 0 Å². The van der Waals surface area contributed by atoms with Gasteiger partial charge in [0.15, 0.2) is 11.5 Å². The van der Waals surface area contributed by atoms with Gasteiger partial charge in [0, 0.05) is 12.6 Å². The second kappa shape index (κ2) is 7.47. The number of aromatic nitrogens is 1. The monoisotopic (exact) mass is 367 g/mol. The lowest BCUT2D eigenvalue weighted by Gasteiger charge is -2.17. The molecule has 0 saturated heterocycles. The number of aliphatic hydroxyl groups excluding tert-OH is 1. The standard InChI is InChI=1S/C16H18BrNO4/c1-20-13-8-11(9-14(21-2)16(13)22-3)12(19)6-10-4-5-18-15(17)7-10/h4-5,7-9,12,19H,6H2,1-3H3. The zero-order chi connectivity index (χ0) is 16.1. The number of halogens is 1. The Kier molecular flexibility index (Phi) is 5.63. The van der Waals surface area contributed by atoms with Crippen LogP contribution in [0.4, 0.5) is 0 Å². The minimum atomic E-state index is -0.692. The zero-order valence-electron chi connectivity index (χ0n) is 12.7. The lowest BCUT2D eigenvalue weighted by Crippen LogP contribution is -2.04. The normalized spacial score (nSPS) is 11.9. The lowest BCUT2D eigenvalue weighted by molar-refractivity contribution is 0.177. The number of hydrogen-bond acceptors (Lipinski definition) is 5. The highest BCUT2D eigenvalue weighted by atomic mass is 79.9. The summed E-state index contributed by atoms with van der Waals surface area (Å²) in [5.41, 5.74) is 1.67. The van der Waals surface area contributed by atoms with Gasteiger partial charge < -0.3 is 19.3 Å². The van der Waals surface area contributed by atoms with E-state index in [1.807, 2.05) is 12.1 Å². The number of nitrogens with zero attached hydrogens (tertiary/aromatic N) is 1. The second-order valence-electron chi connectivity index (χ2n) is 4.67. The summed E-state index contributed by atoms with van der Waals surface area (Å²) in [5.74, 6) is 1.55. The van der Waals surface area contributed by atoms with Crippen LogP contribution in [0, 0.1) is 0 Å². The molecular formula is C16H18BrNO4. The first-order chi connectivity index (χ1) is 10.6. The van der Waals surface area contributed by atoms with Gasteiger partial charge in [0.05, 0.1) is 27.4 Å². The van der Waals surface area contributed by atoms with Gasteiger partial charge in [0.2, 0.25) is 5.75 Å².